The Bertz CT molecular complexity index is 1440. The largest absolute Gasteiger partial charge is 0.508 e. The second kappa shape index (κ2) is 9.63. The Morgan fingerprint density at radius 2 is 1.95 bits per heavy atom. The van der Waals surface area contributed by atoms with E-state index in [1.165, 1.54) is 28.5 Å². The Morgan fingerprint density at radius 3 is 2.58 bits per heavy atom. The number of oxime groups is 1. The molecule has 0 unspecified atom stereocenters. The lowest BCUT2D eigenvalue weighted by Gasteiger charge is -2.50. The molecule has 2 saturated heterocycles. The molecular formula is C24H22N6O7S. The number of nitrogen functional groups attached to an aromatic ring is 1. The number of amides is 3. The molecule has 13 nitrogen and oxygen atoms in total. The molecule has 2 fully saturated rings. The van der Waals surface area contributed by atoms with Crippen molar-refractivity contribution in [1.82, 2.24) is 15.2 Å². The first-order valence-corrected chi connectivity index (χ1v) is 12.4. The molecule has 2 atom stereocenters. The molecule has 38 heavy (non-hydrogen) atoms. The summed E-state index contributed by atoms with van der Waals surface area (Å²) in [6, 6.07) is 4.55. The Hall–Kier alpha value is -4.72. The number of benzene rings is 1. The van der Waals surface area contributed by atoms with Crippen molar-refractivity contribution in [2.24, 2.45) is 5.16 Å². The fourth-order valence-electron chi connectivity index (χ4n) is 4.89. The molecule has 2 aromatic rings. The monoisotopic (exact) mass is 538 g/mol. The van der Waals surface area contributed by atoms with Gasteiger partial charge in [0.15, 0.2) is 10.8 Å². The van der Waals surface area contributed by atoms with E-state index in [0.29, 0.717) is 36.2 Å². The number of rotatable bonds is 6. The molecule has 0 radical (unpaired) electrons. The van der Waals surface area contributed by atoms with Gasteiger partial charge in [-0.2, -0.15) is 0 Å². The number of allylic oxidation sites excluding steroid dienone is 2. The predicted octanol–water partition coefficient (Wildman–Crippen LogP) is 0.801. The number of aromatic nitrogens is 1. The number of carbonyl (C=O) groups is 4. The number of nitrogens with two attached hydrogens (primary N) is 1. The second-order valence-electron chi connectivity index (χ2n) is 8.86. The number of phenolic OH excluding ortho intramolecular Hbond substituents is 1. The highest BCUT2D eigenvalue weighted by molar-refractivity contribution is 7.13. The summed E-state index contributed by atoms with van der Waals surface area (Å²) in [4.78, 5) is 57.4. The number of β-lactam (4-membered cyclic amide) rings is 1. The first-order valence-electron chi connectivity index (χ1n) is 11.5. The van der Waals surface area contributed by atoms with Gasteiger partial charge >= 0.3 is 5.97 Å². The number of carboxylic acids is 1. The number of hydrogen-bond acceptors (Lipinski definition) is 10. The summed E-state index contributed by atoms with van der Waals surface area (Å²) in [7, 11) is 0. The van der Waals surface area contributed by atoms with Crippen LogP contribution in [-0.4, -0.2) is 73.3 Å². The zero-order chi connectivity index (χ0) is 27.1. The fraction of sp³-hybridized carbons (Fsp3) is 0.250. The van der Waals surface area contributed by atoms with E-state index in [9.17, 15) is 34.6 Å². The van der Waals surface area contributed by atoms with E-state index in [0.717, 1.165) is 16.2 Å². The van der Waals surface area contributed by atoms with Crippen LogP contribution in [0.15, 0.2) is 57.7 Å². The maximum Gasteiger partial charge on any atom is 0.352 e. The van der Waals surface area contributed by atoms with Gasteiger partial charge < -0.3 is 31.4 Å². The highest BCUT2D eigenvalue weighted by atomic mass is 32.1. The zero-order valence-corrected chi connectivity index (χ0v) is 20.5. The minimum Gasteiger partial charge on any atom is -0.508 e. The lowest BCUT2D eigenvalue weighted by molar-refractivity contribution is -0.155. The van der Waals surface area contributed by atoms with Crippen LogP contribution in [0.3, 0.4) is 0 Å². The van der Waals surface area contributed by atoms with Crippen LogP contribution in [0.5, 0.6) is 5.75 Å². The molecule has 196 valence electrons. The van der Waals surface area contributed by atoms with Gasteiger partial charge in [-0.05, 0) is 55.2 Å². The molecule has 3 amide bonds. The molecule has 0 bridgehead atoms. The molecule has 0 saturated carbocycles. The zero-order valence-electron chi connectivity index (χ0n) is 19.7. The average Bonchev–Trinajstić information content (AvgIpc) is 3.48. The van der Waals surface area contributed by atoms with E-state index in [1.807, 2.05) is 0 Å². The van der Waals surface area contributed by atoms with E-state index in [2.05, 4.69) is 15.5 Å². The molecule has 1 aromatic heterocycles. The lowest BCUT2D eigenvalue weighted by Crippen LogP contribution is -2.72. The third kappa shape index (κ3) is 4.24. The van der Waals surface area contributed by atoms with Gasteiger partial charge in [0.1, 0.15) is 23.2 Å². The highest BCUT2D eigenvalue weighted by Gasteiger charge is 2.53. The number of thiazole rings is 1. The normalized spacial score (nSPS) is 22.5. The topological polar surface area (TPSA) is 199 Å². The van der Waals surface area contributed by atoms with Crippen LogP contribution < -0.4 is 16.0 Å². The van der Waals surface area contributed by atoms with Gasteiger partial charge in [0.05, 0.1) is 6.04 Å². The van der Waals surface area contributed by atoms with Crippen LogP contribution in [0.4, 0.5) is 10.8 Å². The predicted molar refractivity (Wildman–Crippen MR) is 134 cm³/mol. The molecule has 1 aromatic carbocycles. The maximum absolute atomic E-state index is 13.0. The number of anilines is 2. The standard InChI is InChI=1S/C24H22N6O7S/c25-24-26-15(10-38-24)17(28-37)20(32)27-18-16-6-1-11(19(23(35)36)30(16)22(18)34)9-12-7-8-29(21(12)33)13-2-4-14(31)5-3-13/h2-5,9-10,16,18,31,37H,1,6-8H2,(H2,25,26)(H,27,32)(H,35,36)/b12-9+,28-17-/t16-,18+/m1/s1. The maximum atomic E-state index is 13.0. The lowest BCUT2D eigenvalue weighted by atomic mass is 9.82. The van der Waals surface area contributed by atoms with Crippen molar-refractivity contribution in [2.45, 2.75) is 31.3 Å². The summed E-state index contributed by atoms with van der Waals surface area (Å²) < 4.78 is 0. The van der Waals surface area contributed by atoms with Crippen molar-refractivity contribution < 1.29 is 34.6 Å². The van der Waals surface area contributed by atoms with E-state index in [-0.39, 0.29) is 34.6 Å². The first kappa shape index (κ1) is 25.0. The third-order valence-electron chi connectivity index (χ3n) is 6.68. The summed E-state index contributed by atoms with van der Waals surface area (Å²) >= 11 is 1.04. The molecule has 14 heteroatoms. The van der Waals surface area contributed by atoms with Gasteiger partial charge in [0.25, 0.3) is 17.7 Å². The van der Waals surface area contributed by atoms with E-state index in [4.69, 9.17) is 5.73 Å². The minimum absolute atomic E-state index is 0.0439. The first-order chi connectivity index (χ1) is 18.2. The van der Waals surface area contributed by atoms with Crippen molar-refractivity contribution in [3.63, 3.8) is 0 Å². The van der Waals surface area contributed by atoms with Gasteiger partial charge in [-0.25, -0.2) is 9.78 Å². The van der Waals surface area contributed by atoms with Crippen molar-refractivity contribution in [1.29, 1.82) is 0 Å². The summed E-state index contributed by atoms with van der Waals surface area (Å²) in [5, 5.41) is 35.8. The van der Waals surface area contributed by atoms with Crippen LogP contribution in [0.2, 0.25) is 0 Å². The number of nitrogens with zero attached hydrogens (tertiary/aromatic N) is 4. The van der Waals surface area contributed by atoms with E-state index in [1.54, 1.807) is 12.1 Å². The van der Waals surface area contributed by atoms with Gasteiger partial charge in [0, 0.05) is 23.2 Å². The Morgan fingerprint density at radius 1 is 1.21 bits per heavy atom. The van der Waals surface area contributed by atoms with E-state index >= 15 is 0 Å². The molecule has 4 heterocycles. The Balaban J connectivity index is 1.35. The average molecular weight is 539 g/mol. The van der Waals surface area contributed by atoms with Crippen LogP contribution in [0.25, 0.3) is 0 Å². The number of carbonyl (C=O) groups excluding carboxylic acids is 3. The molecule has 3 aliphatic rings. The van der Waals surface area contributed by atoms with Crippen LogP contribution >= 0.6 is 11.3 Å². The molecular weight excluding hydrogens is 516 g/mol. The van der Waals surface area contributed by atoms with Gasteiger partial charge in [-0.1, -0.05) is 5.16 Å². The van der Waals surface area contributed by atoms with E-state index < -0.39 is 35.6 Å². The SMILES string of the molecule is Nc1nc(/C(=N/O)C(=O)N[C@@H]2C(=O)N3C(C(=O)O)=C(/C=C4\CCN(c5ccc(O)cc5)C4=O)CC[C@H]23)cs1. The smallest absolute Gasteiger partial charge is 0.352 e. The number of aromatic hydroxyl groups is 1. The highest BCUT2D eigenvalue weighted by Crippen LogP contribution is 2.38. The summed E-state index contributed by atoms with van der Waals surface area (Å²) in [5.74, 6) is -3.01. The van der Waals surface area contributed by atoms with Gasteiger partial charge in [-0.3, -0.25) is 19.3 Å². The quantitative estimate of drug-likeness (QED) is 0.116. The summed E-state index contributed by atoms with van der Waals surface area (Å²) in [6.45, 7) is 0.393. The van der Waals surface area contributed by atoms with Crippen molar-refractivity contribution in [2.75, 3.05) is 17.2 Å². The summed E-state index contributed by atoms with van der Waals surface area (Å²) in [6.07, 6.45) is 2.53. The Labute approximate surface area is 219 Å². The van der Waals surface area contributed by atoms with Gasteiger partial charge in [0.2, 0.25) is 0 Å². The van der Waals surface area contributed by atoms with Crippen LogP contribution in [0.1, 0.15) is 25.0 Å². The number of aliphatic carboxylic acids is 1. The molecule has 3 aliphatic heterocycles. The molecule has 0 aliphatic carbocycles. The summed E-state index contributed by atoms with van der Waals surface area (Å²) in [5.41, 5.74) is 6.32. The van der Waals surface area contributed by atoms with Crippen molar-refractivity contribution in [3.05, 3.63) is 58.3 Å². The fourth-order valence-corrected chi connectivity index (χ4v) is 5.44. The number of fused-ring (bicyclic) bond motifs is 1. The number of carboxylic acid groups (broad SMARTS) is 1. The molecule has 0 spiro atoms. The van der Waals surface area contributed by atoms with Crippen LogP contribution in [0, 0.1) is 0 Å². The van der Waals surface area contributed by atoms with Crippen LogP contribution in [-0.2, 0) is 19.2 Å². The molecule has 6 N–H and O–H groups in total. The third-order valence-corrected chi connectivity index (χ3v) is 7.35. The van der Waals surface area contributed by atoms with Crippen molar-refractivity contribution in [3.8, 4) is 5.75 Å². The Kier molecular flexibility index (Phi) is 6.32. The van der Waals surface area contributed by atoms with Crippen molar-refractivity contribution >= 4 is 51.6 Å². The number of hydrogen-bond donors (Lipinski definition) is 5. The molecule has 5 rings (SSSR count). The number of nitrogens with one attached hydrogen (secondary N) is 1. The number of phenols is 1. The minimum atomic E-state index is -1.32. The second-order valence-corrected chi connectivity index (χ2v) is 9.75. The van der Waals surface area contributed by atoms with Gasteiger partial charge in [-0.15, -0.1) is 11.3 Å².